The van der Waals surface area contributed by atoms with Gasteiger partial charge in [-0.3, -0.25) is 13.9 Å². The molecular formula is C26H34N6O3S. The fourth-order valence-corrected chi connectivity index (χ4v) is 7.15. The zero-order valence-electron chi connectivity index (χ0n) is 21.7. The number of nitrogens with zero attached hydrogens (tertiary/aromatic N) is 6. The summed E-state index contributed by atoms with van der Waals surface area (Å²) in [6, 6.07) is 10.0. The van der Waals surface area contributed by atoms with Crippen LogP contribution in [0, 0.1) is 20.8 Å². The van der Waals surface area contributed by atoms with Gasteiger partial charge in [-0.15, -0.1) is 0 Å². The Morgan fingerprint density at radius 1 is 1.03 bits per heavy atom. The van der Waals surface area contributed by atoms with Gasteiger partial charge in [0.2, 0.25) is 0 Å². The van der Waals surface area contributed by atoms with Crippen molar-refractivity contribution >= 4 is 21.4 Å². The minimum atomic E-state index is -3.78. The van der Waals surface area contributed by atoms with E-state index in [0.717, 1.165) is 61.8 Å². The number of anilines is 2. The number of piperazine rings is 1. The van der Waals surface area contributed by atoms with Gasteiger partial charge in [0.1, 0.15) is 17.1 Å². The summed E-state index contributed by atoms with van der Waals surface area (Å²) in [5, 5.41) is 4.81. The van der Waals surface area contributed by atoms with E-state index in [2.05, 4.69) is 20.9 Å². The minimum Gasteiger partial charge on any atom is -0.495 e. The molecule has 0 amide bonds. The van der Waals surface area contributed by atoms with Crippen LogP contribution >= 0.6 is 0 Å². The van der Waals surface area contributed by atoms with Crippen molar-refractivity contribution in [3.63, 3.8) is 0 Å². The second kappa shape index (κ2) is 9.40. The van der Waals surface area contributed by atoms with Gasteiger partial charge in [0.05, 0.1) is 18.5 Å². The maximum absolute atomic E-state index is 13.8. The summed E-state index contributed by atoms with van der Waals surface area (Å²) < 4.78 is 36.4. The van der Waals surface area contributed by atoms with Gasteiger partial charge >= 0.3 is 0 Å². The van der Waals surface area contributed by atoms with Crippen LogP contribution in [0.25, 0.3) is 11.3 Å². The van der Waals surface area contributed by atoms with E-state index < -0.39 is 10.0 Å². The maximum Gasteiger partial charge on any atom is 0.282 e. The van der Waals surface area contributed by atoms with Crippen molar-refractivity contribution in [2.75, 3.05) is 55.6 Å². The van der Waals surface area contributed by atoms with Gasteiger partial charge in [-0.2, -0.15) is 13.5 Å². The Bertz CT molecular complexity index is 1390. The molecule has 5 rings (SSSR count). The van der Waals surface area contributed by atoms with E-state index in [9.17, 15) is 8.42 Å². The zero-order valence-corrected chi connectivity index (χ0v) is 22.5. The molecule has 0 spiro atoms. The second-order valence-electron chi connectivity index (χ2n) is 9.60. The van der Waals surface area contributed by atoms with Crippen molar-refractivity contribution < 1.29 is 13.2 Å². The van der Waals surface area contributed by atoms with Crippen molar-refractivity contribution in [3.8, 4) is 17.0 Å². The van der Waals surface area contributed by atoms with Gasteiger partial charge in [-0.25, -0.2) is 4.98 Å². The van der Waals surface area contributed by atoms with E-state index in [4.69, 9.17) is 9.84 Å². The third-order valence-electron chi connectivity index (χ3n) is 7.27. The largest absolute Gasteiger partial charge is 0.495 e. The van der Waals surface area contributed by atoms with Crippen molar-refractivity contribution in [1.29, 1.82) is 0 Å². The Morgan fingerprint density at radius 2 is 1.75 bits per heavy atom. The van der Waals surface area contributed by atoms with Crippen LogP contribution in [0.2, 0.25) is 0 Å². The van der Waals surface area contributed by atoms with Crippen molar-refractivity contribution in [1.82, 2.24) is 19.7 Å². The highest BCUT2D eigenvalue weighted by atomic mass is 32.2. The topological polar surface area (TPSA) is 83.8 Å². The smallest absolute Gasteiger partial charge is 0.282 e. The highest BCUT2D eigenvalue weighted by molar-refractivity contribution is 7.93. The van der Waals surface area contributed by atoms with Gasteiger partial charge in [-0.1, -0.05) is 12.1 Å². The molecule has 2 aliphatic rings. The molecule has 192 valence electrons. The van der Waals surface area contributed by atoms with E-state index >= 15 is 0 Å². The number of para-hydroxylation sites is 2. The van der Waals surface area contributed by atoms with Crippen LogP contribution in [0.4, 0.5) is 11.4 Å². The predicted molar refractivity (Wildman–Crippen MR) is 141 cm³/mol. The lowest BCUT2D eigenvalue weighted by Gasteiger charge is -2.37. The van der Waals surface area contributed by atoms with Gasteiger partial charge in [0, 0.05) is 57.6 Å². The minimum absolute atomic E-state index is 0.121. The zero-order chi connectivity index (χ0) is 25.6. The molecular weight excluding hydrogens is 476 g/mol. The molecule has 2 aliphatic heterocycles. The highest BCUT2D eigenvalue weighted by Gasteiger charge is 2.40. The molecule has 36 heavy (non-hydrogen) atoms. The van der Waals surface area contributed by atoms with E-state index in [1.807, 2.05) is 52.1 Å². The Hall–Kier alpha value is -3.11. The fourth-order valence-electron chi connectivity index (χ4n) is 5.34. The number of sulfonamides is 1. The van der Waals surface area contributed by atoms with Gasteiger partial charge < -0.3 is 9.64 Å². The summed E-state index contributed by atoms with van der Waals surface area (Å²) in [6.45, 7) is 10.6. The molecule has 0 saturated carbocycles. The van der Waals surface area contributed by atoms with E-state index in [1.54, 1.807) is 11.8 Å². The van der Waals surface area contributed by atoms with Crippen LogP contribution in [-0.2, 0) is 17.1 Å². The first kappa shape index (κ1) is 24.6. The van der Waals surface area contributed by atoms with Crippen molar-refractivity contribution in [2.24, 2.45) is 7.05 Å². The maximum atomic E-state index is 13.8. The Morgan fingerprint density at radius 3 is 2.47 bits per heavy atom. The van der Waals surface area contributed by atoms with Gasteiger partial charge in [0.15, 0.2) is 5.03 Å². The molecule has 3 aromatic rings. The Balaban J connectivity index is 1.31. The monoisotopic (exact) mass is 510 g/mol. The van der Waals surface area contributed by atoms with Crippen LogP contribution in [0.5, 0.6) is 5.75 Å². The molecule has 9 nitrogen and oxygen atoms in total. The standard InChI is InChI=1S/C26H34N6O3S/c1-18-17-19(2)27-26-23(18)24-25(20(3)29(4)28-24)32(36(26,33)34)12-8-11-30-13-15-31(16-14-30)21-9-6-7-10-22(21)35-5/h6-7,9-10,17H,8,11-16H2,1-5H3. The summed E-state index contributed by atoms with van der Waals surface area (Å²) in [4.78, 5) is 9.21. The van der Waals surface area contributed by atoms with Crippen LogP contribution in [0.3, 0.4) is 0 Å². The first-order valence-electron chi connectivity index (χ1n) is 12.4. The van der Waals surface area contributed by atoms with Crippen LogP contribution in [0.15, 0.2) is 35.4 Å². The lowest BCUT2D eigenvalue weighted by molar-refractivity contribution is 0.255. The molecule has 0 bridgehead atoms. The quantitative estimate of drug-likeness (QED) is 0.504. The molecule has 0 atom stereocenters. The predicted octanol–water partition coefficient (Wildman–Crippen LogP) is 3.14. The molecule has 0 unspecified atom stereocenters. The van der Waals surface area contributed by atoms with E-state index in [0.29, 0.717) is 29.2 Å². The molecule has 0 N–H and O–H groups in total. The molecule has 1 aromatic carbocycles. The van der Waals surface area contributed by atoms with Gasteiger partial charge in [0.25, 0.3) is 10.0 Å². The first-order valence-corrected chi connectivity index (χ1v) is 13.8. The average Bonchev–Trinajstić information content (AvgIpc) is 3.14. The number of benzene rings is 1. The summed E-state index contributed by atoms with van der Waals surface area (Å²) in [6.07, 6.45) is 0.724. The third kappa shape index (κ3) is 4.12. The van der Waals surface area contributed by atoms with Crippen LogP contribution in [0.1, 0.15) is 23.4 Å². The molecule has 10 heteroatoms. The number of aryl methyl sites for hydroxylation is 3. The number of hydrogen-bond acceptors (Lipinski definition) is 7. The van der Waals surface area contributed by atoms with Gasteiger partial charge in [-0.05, 0) is 51.0 Å². The number of rotatable bonds is 6. The molecule has 1 saturated heterocycles. The average molecular weight is 511 g/mol. The fraction of sp³-hybridized carbons (Fsp3) is 0.462. The Labute approximate surface area is 213 Å². The SMILES string of the molecule is COc1ccccc1N1CCN(CCCN2c3c(nn(C)c3C)-c3c(C)cc(C)nc3S2(=O)=O)CC1. The Kier molecular flexibility index (Phi) is 6.42. The lowest BCUT2D eigenvalue weighted by atomic mass is 10.1. The number of fused-ring (bicyclic) bond motifs is 3. The van der Waals surface area contributed by atoms with E-state index in [1.165, 1.54) is 4.31 Å². The number of ether oxygens (including phenoxy) is 1. The number of aromatic nitrogens is 3. The number of methoxy groups -OCH3 is 1. The highest BCUT2D eigenvalue weighted by Crippen LogP contribution is 2.45. The molecule has 4 heterocycles. The first-order chi connectivity index (χ1) is 17.2. The van der Waals surface area contributed by atoms with E-state index in [-0.39, 0.29) is 5.03 Å². The van der Waals surface area contributed by atoms with Crippen LogP contribution in [-0.4, -0.2) is 74.5 Å². The normalized spacial score (nSPS) is 17.1. The molecule has 0 aliphatic carbocycles. The number of pyridine rings is 1. The molecule has 1 fully saturated rings. The third-order valence-corrected chi connectivity index (χ3v) is 9.00. The van der Waals surface area contributed by atoms with Crippen LogP contribution < -0.4 is 13.9 Å². The van der Waals surface area contributed by atoms with Crippen molar-refractivity contribution in [3.05, 3.63) is 47.3 Å². The van der Waals surface area contributed by atoms with Crippen molar-refractivity contribution in [2.45, 2.75) is 32.2 Å². The second-order valence-corrected chi connectivity index (χ2v) is 11.4. The molecule has 2 aromatic heterocycles. The summed E-state index contributed by atoms with van der Waals surface area (Å²) in [7, 11) is -0.216. The molecule has 0 radical (unpaired) electrons. The summed E-state index contributed by atoms with van der Waals surface area (Å²) in [5.41, 5.74) is 5.55. The summed E-state index contributed by atoms with van der Waals surface area (Å²) >= 11 is 0. The number of hydrogen-bond donors (Lipinski definition) is 0. The lowest BCUT2D eigenvalue weighted by Crippen LogP contribution is -2.47. The summed E-state index contributed by atoms with van der Waals surface area (Å²) in [5.74, 6) is 0.892.